The van der Waals surface area contributed by atoms with Gasteiger partial charge in [0.2, 0.25) is 0 Å². The fraction of sp³-hybridized carbons (Fsp3) is 0.900. The summed E-state index contributed by atoms with van der Waals surface area (Å²) >= 11 is 0. The molecule has 80 valence electrons. The van der Waals surface area contributed by atoms with E-state index in [1.807, 2.05) is 0 Å². The van der Waals surface area contributed by atoms with Gasteiger partial charge < -0.3 is 15.3 Å². The average Bonchev–Trinajstić information content (AvgIpc) is 2.45. The molecule has 2 rings (SSSR count). The molecular formula is C10H18N2O2. The van der Waals surface area contributed by atoms with Crippen molar-refractivity contribution in [2.45, 2.75) is 44.4 Å². The van der Waals surface area contributed by atoms with E-state index < -0.39 is 6.10 Å². The van der Waals surface area contributed by atoms with Crippen molar-refractivity contribution < 1.29 is 9.90 Å². The molecule has 2 N–H and O–H groups in total. The first-order valence-corrected chi connectivity index (χ1v) is 5.39. The van der Waals surface area contributed by atoms with E-state index in [0.29, 0.717) is 12.1 Å². The molecule has 3 atom stereocenters. The maximum absolute atomic E-state index is 11.6. The van der Waals surface area contributed by atoms with E-state index in [0.717, 1.165) is 25.9 Å². The number of fused-ring (bicyclic) bond motifs is 2. The summed E-state index contributed by atoms with van der Waals surface area (Å²) in [4.78, 5) is 13.4. The largest absolute Gasteiger partial charge is 0.384 e. The molecule has 0 saturated carbocycles. The minimum Gasteiger partial charge on any atom is -0.384 e. The van der Waals surface area contributed by atoms with Gasteiger partial charge in [-0.05, 0) is 26.2 Å². The van der Waals surface area contributed by atoms with Gasteiger partial charge in [-0.2, -0.15) is 0 Å². The van der Waals surface area contributed by atoms with E-state index in [4.69, 9.17) is 0 Å². The Morgan fingerprint density at radius 3 is 2.86 bits per heavy atom. The number of carbonyl (C=O) groups is 1. The first-order chi connectivity index (χ1) is 6.66. The molecule has 1 amide bonds. The van der Waals surface area contributed by atoms with Gasteiger partial charge in [0.05, 0.1) is 0 Å². The van der Waals surface area contributed by atoms with Gasteiger partial charge in [0.1, 0.15) is 6.10 Å². The highest BCUT2D eigenvalue weighted by atomic mass is 16.3. The van der Waals surface area contributed by atoms with Crippen LogP contribution >= 0.6 is 0 Å². The Kier molecular flexibility index (Phi) is 2.74. The lowest BCUT2D eigenvalue weighted by atomic mass is 10.1. The highest BCUT2D eigenvalue weighted by Crippen LogP contribution is 2.20. The smallest absolute Gasteiger partial charge is 0.251 e. The Labute approximate surface area is 84.3 Å². The van der Waals surface area contributed by atoms with Crippen molar-refractivity contribution in [1.29, 1.82) is 0 Å². The molecule has 2 bridgehead atoms. The number of rotatable bonds is 1. The van der Waals surface area contributed by atoms with Gasteiger partial charge in [-0.1, -0.05) is 0 Å². The van der Waals surface area contributed by atoms with Crippen molar-refractivity contribution in [2.24, 2.45) is 0 Å². The number of nitrogens with one attached hydrogen (secondary N) is 1. The molecule has 0 aromatic carbocycles. The van der Waals surface area contributed by atoms with Crippen LogP contribution in [-0.2, 0) is 4.79 Å². The Bertz CT molecular complexity index is 230. The molecule has 2 fully saturated rings. The lowest BCUT2D eigenvalue weighted by molar-refractivity contribution is -0.139. The fourth-order valence-electron chi connectivity index (χ4n) is 2.41. The van der Waals surface area contributed by atoms with E-state index >= 15 is 0 Å². The molecule has 4 nitrogen and oxygen atoms in total. The van der Waals surface area contributed by atoms with Gasteiger partial charge in [-0.3, -0.25) is 4.79 Å². The molecule has 2 aliphatic rings. The number of hydrogen-bond donors (Lipinski definition) is 2. The molecule has 4 heteroatoms. The zero-order chi connectivity index (χ0) is 10.1. The summed E-state index contributed by atoms with van der Waals surface area (Å²) in [6, 6.07) is 1.04. The van der Waals surface area contributed by atoms with Gasteiger partial charge in [-0.15, -0.1) is 0 Å². The second-order valence-corrected chi connectivity index (χ2v) is 4.39. The van der Waals surface area contributed by atoms with E-state index in [9.17, 15) is 9.90 Å². The maximum atomic E-state index is 11.6. The van der Waals surface area contributed by atoms with Crippen molar-refractivity contribution in [3.63, 3.8) is 0 Å². The third kappa shape index (κ3) is 1.91. The van der Waals surface area contributed by atoms with Crippen molar-refractivity contribution in [2.75, 3.05) is 13.1 Å². The maximum Gasteiger partial charge on any atom is 0.251 e. The van der Waals surface area contributed by atoms with E-state index in [1.165, 1.54) is 6.42 Å². The van der Waals surface area contributed by atoms with Gasteiger partial charge in [0.25, 0.3) is 5.91 Å². The predicted octanol–water partition coefficient (Wildman–Crippen LogP) is -0.280. The number of nitrogens with zero attached hydrogens (tertiary/aromatic N) is 1. The van der Waals surface area contributed by atoms with Crippen LogP contribution in [-0.4, -0.2) is 47.2 Å². The Morgan fingerprint density at radius 2 is 2.14 bits per heavy atom. The van der Waals surface area contributed by atoms with Gasteiger partial charge in [0, 0.05) is 25.2 Å². The molecule has 0 aromatic rings. The Morgan fingerprint density at radius 1 is 1.43 bits per heavy atom. The molecule has 0 aliphatic carbocycles. The quantitative estimate of drug-likeness (QED) is 0.609. The van der Waals surface area contributed by atoms with Crippen LogP contribution < -0.4 is 5.32 Å². The molecular weight excluding hydrogens is 180 g/mol. The molecule has 2 aliphatic heterocycles. The topological polar surface area (TPSA) is 52.6 Å². The average molecular weight is 198 g/mol. The molecule has 0 radical (unpaired) electrons. The van der Waals surface area contributed by atoms with Crippen molar-refractivity contribution in [3.8, 4) is 0 Å². The van der Waals surface area contributed by atoms with Crippen LogP contribution in [0.5, 0.6) is 0 Å². The van der Waals surface area contributed by atoms with Crippen LogP contribution in [0.15, 0.2) is 0 Å². The number of hydrogen-bond acceptors (Lipinski definition) is 3. The highest BCUT2D eigenvalue weighted by Gasteiger charge is 2.31. The Balaban J connectivity index is 1.98. The first kappa shape index (κ1) is 9.93. The highest BCUT2D eigenvalue weighted by molar-refractivity contribution is 5.80. The summed E-state index contributed by atoms with van der Waals surface area (Å²) in [5.41, 5.74) is 0. The summed E-state index contributed by atoms with van der Waals surface area (Å²) in [5.74, 6) is -0.126. The molecule has 0 unspecified atom stereocenters. The number of likely N-dealkylation sites (tertiary alicyclic amines) is 1. The van der Waals surface area contributed by atoms with Crippen molar-refractivity contribution in [3.05, 3.63) is 0 Å². The third-order valence-corrected chi connectivity index (χ3v) is 3.19. The van der Waals surface area contributed by atoms with Gasteiger partial charge in [0.15, 0.2) is 0 Å². The van der Waals surface area contributed by atoms with Gasteiger partial charge >= 0.3 is 0 Å². The zero-order valence-corrected chi connectivity index (χ0v) is 8.57. The van der Waals surface area contributed by atoms with Crippen LogP contribution in [0.25, 0.3) is 0 Å². The summed E-state index contributed by atoms with van der Waals surface area (Å²) in [6.07, 6.45) is 2.57. The fourth-order valence-corrected chi connectivity index (χ4v) is 2.41. The standard InChI is InChI=1S/C10H18N2O2/c1-7(13)10(14)12-5-4-8-2-3-9(6-12)11-8/h7-9,11,13H,2-6H2,1H3/t7-,8-,9+/m1/s1. The van der Waals surface area contributed by atoms with Crippen LogP contribution in [0.2, 0.25) is 0 Å². The minimum absolute atomic E-state index is 0.126. The second kappa shape index (κ2) is 3.87. The number of aliphatic hydroxyl groups is 1. The predicted molar refractivity (Wildman–Crippen MR) is 52.8 cm³/mol. The normalized spacial score (nSPS) is 34.0. The zero-order valence-electron chi connectivity index (χ0n) is 8.57. The van der Waals surface area contributed by atoms with Crippen molar-refractivity contribution in [1.82, 2.24) is 10.2 Å². The second-order valence-electron chi connectivity index (χ2n) is 4.39. The summed E-state index contributed by atoms with van der Waals surface area (Å²) in [5, 5.41) is 12.7. The molecule has 14 heavy (non-hydrogen) atoms. The SMILES string of the molecule is C[C@@H](O)C(=O)N1CC[C@H]2CC[C@@H](C1)N2. The van der Waals surface area contributed by atoms with E-state index in [1.54, 1.807) is 11.8 Å². The molecule has 2 saturated heterocycles. The van der Waals surface area contributed by atoms with E-state index in [-0.39, 0.29) is 5.91 Å². The summed E-state index contributed by atoms with van der Waals surface area (Å²) in [7, 11) is 0. The van der Waals surface area contributed by atoms with Crippen LogP contribution in [0.3, 0.4) is 0 Å². The van der Waals surface area contributed by atoms with Crippen LogP contribution in [0.1, 0.15) is 26.2 Å². The number of amides is 1. The van der Waals surface area contributed by atoms with Crippen LogP contribution in [0.4, 0.5) is 0 Å². The molecule has 0 aromatic heterocycles. The number of aliphatic hydroxyl groups excluding tert-OH is 1. The monoisotopic (exact) mass is 198 g/mol. The first-order valence-electron chi connectivity index (χ1n) is 5.39. The summed E-state index contributed by atoms with van der Waals surface area (Å²) < 4.78 is 0. The lowest BCUT2D eigenvalue weighted by Crippen LogP contribution is -2.43. The minimum atomic E-state index is -0.855. The Hall–Kier alpha value is -0.610. The number of carbonyl (C=O) groups excluding carboxylic acids is 1. The summed E-state index contributed by atoms with van der Waals surface area (Å²) in [6.45, 7) is 3.09. The molecule has 0 spiro atoms. The lowest BCUT2D eigenvalue weighted by Gasteiger charge is -2.25. The van der Waals surface area contributed by atoms with Gasteiger partial charge in [-0.25, -0.2) is 0 Å². The van der Waals surface area contributed by atoms with E-state index in [2.05, 4.69) is 5.32 Å². The third-order valence-electron chi connectivity index (χ3n) is 3.19. The van der Waals surface area contributed by atoms with Crippen molar-refractivity contribution >= 4 is 5.91 Å². The van der Waals surface area contributed by atoms with Crippen LogP contribution in [0, 0.1) is 0 Å². The molecule has 2 heterocycles.